The number of benzene rings is 1. The quantitative estimate of drug-likeness (QED) is 0.544. The minimum atomic E-state index is -0.103. The summed E-state index contributed by atoms with van der Waals surface area (Å²) < 4.78 is 1.79. The van der Waals surface area contributed by atoms with Gasteiger partial charge in [0.2, 0.25) is 0 Å². The maximum absolute atomic E-state index is 12.9. The van der Waals surface area contributed by atoms with Crippen LogP contribution in [-0.2, 0) is 19.5 Å². The van der Waals surface area contributed by atoms with Crippen LogP contribution in [-0.4, -0.2) is 40.0 Å². The molecular weight excluding hydrogens is 408 g/mol. The molecule has 1 aliphatic rings. The highest BCUT2D eigenvalue weighted by atomic mass is 32.1. The van der Waals surface area contributed by atoms with Crippen molar-refractivity contribution in [1.29, 1.82) is 0 Å². The number of hydrogen-bond donors (Lipinski definition) is 1. The molecule has 0 saturated carbocycles. The van der Waals surface area contributed by atoms with Gasteiger partial charge in [-0.3, -0.25) is 19.1 Å². The van der Waals surface area contributed by atoms with Crippen LogP contribution in [0.1, 0.15) is 52.8 Å². The van der Waals surface area contributed by atoms with Crippen molar-refractivity contribution in [3.05, 3.63) is 62.5 Å². The summed E-state index contributed by atoms with van der Waals surface area (Å²) in [6, 6.07) is 10.4. The van der Waals surface area contributed by atoms with E-state index in [2.05, 4.69) is 41.4 Å². The molecule has 0 bridgehead atoms. The number of rotatable bonds is 8. The van der Waals surface area contributed by atoms with Crippen molar-refractivity contribution in [3.8, 4) is 0 Å². The van der Waals surface area contributed by atoms with E-state index < -0.39 is 0 Å². The summed E-state index contributed by atoms with van der Waals surface area (Å²) in [5.74, 6) is 0.754. The second-order valence-corrected chi connectivity index (χ2v) is 9.14. The first kappa shape index (κ1) is 21.7. The van der Waals surface area contributed by atoms with Crippen LogP contribution >= 0.6 is 11.3 Å². The predicted octanol–water partition coefficient (Wildman–Crippen LogP) is 3.74. The lowest BCUT2D eigenvalue weighted by Gasteiger charge is -2.20. The van der Waals surface area contributed by atoms with E-state index in [9.17, 15) is 9.59 Å². The number of amides is 1. The molecule has 0 unspecified atom stereocenters. The number of carbonyl (C=O) groups is 1. The molecule has 31 heavy (non-hydrogen) atoms. The van der Waals surface area contributed by atoms with Crippen molar-refractivity contribution >= 4 is 27.5 Å². The van der Waals surface area contributed by atoms with Gasteiger partial charge < -0.3 is 5.32 Å². The van der Waals surface area contributed by atoms with Gasteiger partial charge in [-0.25, -0.2) is 4.98 Å². The molecule has 0 radical (unpaired) electrons. The zero-order chi connectivity index (χ0) is 21.8. The normalized spacial score (nSPS) is 13.5. The molecule has 1 amide bonds. The van der Waals surface area contributed by atoms with E-state index >= 15 is 0 Å². The van der Waals surface area contributed by atoms with E-state index in [-0.39, 0.29) is 11.5 Å². The highest BCUT2D eigenvalue weighted by molar-refractivity contribution is 7.20. The monoisotopic (exact) mass is 438 g/mol. The molecule has 0 atom stereocenters. The largest absolute Gasteiger partial charge is 0.351 e. The number of aryl methyl sites for hydroxylation is 2. The number of aromatic nitrogens is 2. The summed E-state index contributed by atoms with van der Waals surface area (Å²) in [4.78, 5) is 34.2. The van der Waals surface area contributed by atoms with Crippen LogP contribution in [0.25, 0.3) is 10.2 Å². The second kappa shape index (κ2) is 9.75. The molecule has 0 saturated heterocycles. The zero-order valence-corrected chi connectivity index (χ0v) is 19.1. The predicted molar refractivity (Wildman–Crippen MR) is 126 cm³/mol. The SMILES string of the molecule is CCN(CCCNC(=O)c1sc2nc3n(c(=O)c2c1C)CCCC3)Cc1ccccc1. The van der Waals surface area contributed by atoms with Crippen LogP contribution in [0.3, 0.4) is 0 Å². The average Bonchev–Trinajstić information content (AvgIpc) is 3.13. The molecule has 7 heteroatoms. The Balaban J connectivity index is 1.38. The number of nitrogens with zero attached hydrogens (tertiary/aromatic N) is 3. The van der Waals surface area contributed by atoms with Crippen LogP contribution in [0.2, 0.25) is 0 Å². The lowest BCUT2D eigenvalue weighted by molar-refractivity contribution is 0.0955. The van der Waals surface area contributed by atoms with E-state index in [1.54, 1.807) is 4.57 Å². The third-order valence-corrected chi connectivity index (χ3v) is 7.19. The topological polar surface area (TPSA) is 67.2 Å². The van der Waals surface area contributed by atoms with Crippen molar-refractivity contribution < 1.29 is 4.79 Å². The Kier molecular flexibility index (Phi) is 6.83. The Labute approximate surface area is 186 Å². The molecule has 6 nitrogen and oxygen atoms in total. The molecule has 1 aromatic carbocycles. The smallest absolute Gasteiger partial charge is 0.262 e. The Morgan fingerprint density at radius 1 is 1.26 bits per heavy atom. The molecule has 3 aromatic rings. The van der Waals surface area contributed by atoms with E-state index in [1.165, 1.54) is 16.9 Å². The maximum atomic E-state index is 12.9. The average molecular weight is 439 g/mol. The molecule has 164 valence electrons. The van der Waals surface area contributed by atoms with Crippen LogP contribution in [0.4, 0.5) is 0 Å². The fraction of sp³-hybridized carbons (Fsp3) is 0.458. The molecule has 1 N–H and O–H groups in total. The molecule has 0 fully saturated rings. The van der Waals surface area contributed by atoms with Gasteiger partial charge in [-0.05, 0) is 43.9 Å². The van der Waals surface area contributed by atoms with Gasteiger partial charge in [-0.1, -0.05) is 37.3 Å². The van der Waals surface area contributed by atoms with Gasteiger partial charge in [0.1, 0.15) is 10.7 Å². The fourth-order valence-corrected chi connectivity index (χ4v) is 5.33. The third-order valence-electron chi connectivity index (χ3n) is 6.00. The van der Waals surface area contributed by atoms with E-state index in [4.69, 9.17) is 4.98 Å². The van der Waals surface area contributed by atoms with Crippen LogP contribution in [0, 0.1) is 6.92 Å². The molecular formula is C24H30N4O2S. The standard InChI is InChI=1S/C24H30N4O2S/c1-3-27(16-18-10-5-4-6-11-18)14-9-13-25-22(29)21-17(2)20-23(31-21)26-19-12-7-8-15-28(19)24(20)30/h4-6,10-11H,3,7-9,12-16H2,1-2H3,(H,25,29). The molecule has 2 aromatic heterocycles. The fourth-order valence-electron chi connectivity index (χ4n) is 4.23. The van der Waals surface area contributed by atoms with Crippen molar-refractivity contribution in [1.82, 2.24) is 19.8 Å². The number of fused-ring (bicyclic) bond motifs is 2. The zero-order valence-electron chi connectivity index (χ0n) is 18.3. The van der Waals surface area contributed by atoms with Gasteiger partial charge in [-0.15, -0.1) is 11.3 Å². The van der Waals surface area contributed by atoms with Crippen molar-refractivity contribution in [3.63, 3.8) is 0 Å². The van der Waals surface area contributed by atoms with Gasteiger partial charge >= 0.3 is 0 Å². The number of nitrogens with one attached hydrogen (secondary N) is 1. The third kappa shape index (κ3) is 4.72. The van der Waals surface area contributed by atoms with Crippen LogP contribution < -0.4 is 10.9 Å². The lowest BCUT2D eigenvalue weighted by Crippen LogP contribution is -2.30. The van der Waals surface area contributed by atoms with Crippen LogP contribution in [0.15, 0.2) is 35.1 Å². The maximum Gasteiger partial charge on any atom is 0.262 e. The van der Waals surface area contributed by atoms with Gasteiger partial charge in [0.15, 0.2) is 0 Å². The van der Waals surface area contributed by atoms with E-state index in [0.29, 0.717) is 21.6 Å². The number of hydrogen-bond acceptors (Lipinski definition) is 5. The number of thiophene rings is 1. The summed E-state index contributed by atoms with van der Waals surface area (Å²) in [6.45, 7) is 8.18. The molecule has 0 aliphatic carbocycles. The summed E-state index contributed by atoms with van der Waals surface area (Å²) in [7, 11) is 0. The summed E-state index contributed by atoms with van der Waals surface area (Å²) >= 11 is 1.34. The van der Waals surface area contributed by atoms with E-state index in [1.807, 2.05) is 13.0 Å². The molecule has 4 rings (SSSR count). The van der Waals surface area contributed by atoms with Crippen molar-refractivity contribution in [2.24, 2.45) is 0 Å². The van der Waals surface area contributed by atoms with Crippen molar-refractivity contribution in [2.45, 2.75) is 52.6 Å². The first-order valence-corrected chi connectivity index (χ1v) is 12.0. The Hall–Kier alpha value is -2.51. The minimum absolute atomic E-state index is 0.00648. The van der Waals surface area contributed by atoms with Gasteiger partial charge in [-0.2, -0.15) is 0 Å². The summed E-state index contributed by atoms with van der Waals surface area (Å²) in [6.07, 6.45) is 3.79. The highest BCUT2D eigenvalue weighted by Crippen LogP contribution is 2.28. The van der Waals surface area contributed by atoms with Crippen molar-refractivity contribution in [2.75, 3.05) is 19.6 Å². The molecule has 3 heterocycles. The Morgan fingerprint density at radius 3 is 2.84 bits per heavy atom. The summed E-state index contributed by atoms with van der Waals surface area (Å²) in [5, 5.41) is 3.65. The second-order valence-electron chi connectivity index (χ2n) is 8.14. The van der Waals surface area contributed by atoms with Gasteiger partial charge in [0.05, 0.1) is 10.3 Å². The lowest BCUT2D eigenvalue weighted by atomic mass is 10.1. The van der Waals surface area contributed by atoms with Gasteiger partial charge in [0, 0.05) is 32.6 Å². The first-order chi connectivity index (χ1) is 15.1. The molecule has 1 aliphatic heterocycles. The van der Waals surface area contributed by atoms with E-state index in [0.717, 1.165) is 63.3 Å². The first-order valence-electron chi connectivity index (χ1n) is 11.2. The molecule has 0 spiro atoms. The Morgan fingerprint density at radius 2 is 2.06 bits per heavy atom. The highest BCUT2D eigenvalue weighted by Gasteiger charge is 2.22. The van der Waals surface area contributed by atoms with Crippen LogP contribution in [0.5, 0.6) is 0 Å². The number of carbonyl (C=O) groups excluding carboxylic acids is 1. The van der Waals surface area contributed by atoms with Gasteiger partial charge in [0.25, 0.3) is 11.5 Å². The Bertz CT molecular complexity index is 1120. The minimum Gasteiger partial charge on any atom is -0.351 e. The summed E-state index contributed by atoms with van der Waals surface area (Å²) in [5.41, 5.74) is 2.07.